The molecule has 0 saturated heterocycles. The zero-order valence-corrected chi connectivity index (χ0v) is 9.53. The molecule has 0 aromatic heterocycles. The predicted molar refractivity (Wildman–Crippen MR) is 24.1 cm³/mol. The topological polar surface area (TPSA) is 181 Å². The van der Waals surface area contributed by atoms with Crippen molar-refractivity contribution in [3.63, 3.8) is 0 Å². The predicted octanol–water partition coefficient (Wildman–Crippen LogP) is -6.34. The fraction of sp³-hybridized carbons (Fsp3) is 0. The quantitative estimate of drug-likeness (QED) is 0.360. The van der Waals surface area contributed by atoms with E-state index in [4.69, 9.17) is 45.0 Å². The van der Waals surface area contributed by atoms with Gasteiger partial charge < -0.3 is 45.0 Å². The van der Waals surface area contributed by atoms with Gasteiger partial charge in [0.15, 0.2) is 0 Å². The van der Waals surface area contributed by atoms with E-state index in [-0.39, 0.29) is 46.6 Å². The van der Waals surface area contributed by atoms with E-state index >= 15 is 0 Å². The van der Waals surface area contributed by atoms with Crippen molar-refractivity contribution in [1.29, 1.82) is 0 Å². The summed E-state index contributed by atoms with van der Waals surface area (Å²) < 4.78 is 0. The molecule has 0 bridgehead atoms. The van der Waals surface area contributed by atoms with Gasteiger partial charge in [-0.15, -0.1) is 0 Å². The normalized spacial score (nSPS) is 5.14. The summed E-state index contributed by atoms with van der Waals surface area (Å²) in [6.45, 7) is 0. The second-order valence-electron chi connectivity index (χ2n) is 0.798. The molecule has 0 heterocycles. The van der Waals surface area contributed by atoms with Gasteiger partial charge in [-0.25, -0.2) is 0 Å². The molecule has 0 aliphatic heterocycles. The van der Waals surface area contributed by atoms with Gasteiger partial charge in [0.25, 0.3) is 0 Å². The van der Waals surface area contributed by atoms with Crippen molar-refractivity contribution in [2.45, 2.75) is 0 Å². The Labute approximate surface area is 110 Å². The zero-order valence-electron chi connectivity index (χ0n) is 6.59. The largest absolute Gasteiger partial charge is 2.00 e. The van der Waals surface area contributed by atoms with Crippen LogP contribution in [0.25, 0.3) is 0 Å². The molecule has 0 atom stereocenters. The van der Waals surface area contributed by atoms with E-state index in [0.717, 1.165) is 0 Å². The minimum atomic E-state index is -2.08. The molecule has 81 valence electrons. The second kappa shape index (κ2) is 22.8. The number of rotatable bonds is 0. The van der Waals surface area contributed by atoms with E-state index in [0.29, 0.717) is 0 Å². The average Bonchev–Trinajstić information content (AvgIpc) is 1.54. The minimum Gasteiger partial charge on any atom is -0.565 e. The van der Waals surface area contributed by atoms with Crippen LogP contribution < -0.4 is 44.9 Å². The van der Waals surface area contributed by atoms with Gasteiger partial charge in [-0.05, 0) is 0 Å². The maximum atomic E-state index is 8.44. The Hall–Kier alpha value is -0.671. The molecule has 0 fully saturated rings. The van der Waals surface area contributed by atoms with Crippen LogP contribution in [0.15, 0.2) is 0 Å². The Morgan fingerprint density at radius 2 is 0.714 bits per heavy atom. The van der Waals surface area contributed by atoms with Gasteiger partial charge in [0.2, 0.25) is 18.5 Å². The summed E-state index contributed by atoms with van der Waals surface area (Å²) in [6.07, 6.45) is -6.25. The fourth-order valence-corrected chi connectivity index (χ4v) is 0. The Morgan fingerprint density at radius 3 is 0.714 bits per heavy atom. The number of hydrogen-bond acceptors (Lipinski definition) is 6. The van der Waals surface area contributed by atoms with Crippen LogP contribution in [0.2, 0.25) is 0 Å². The van der Waals surface area contributed by atoms with Gasteiger partial charge in [-0.1, -0.05) is 0 Å². The van der Waals surface area contributed by atoms with E-state index in [1.54, 1.807) is 0 Å². The van der Waals surface area contributed by atoms with Crippen LogP contribution in [-0.4, -0.2) is 33.8 Å². The first-order valence-electron chi connectivity index (χ1n) is 1.90. The molecule has 0 aliphatic carbocycles. The molecular formula is C3H3CuNaO9. The van der Waals surface area contributed by atoms with Gasteiger partial charge in [0.05, 0.1) is 0 Å². The molecular weight excluding hydrogens is 267 g/mol. The van der Waals surface area contributed by atoms with Crippen molar-refractivity contribution in [1.82, 2.24) is 0 Å². The molecule has 14 heavy (non-hydrogen) atoms. The van der Waals surface area contributed by atoms with Crippen LogP contribution in [0, 0.1) is 0 Å². The maximum Gasteiger partial charge on any atom is 2.00 e. The molecule has 0 aromatic rings. The zero-order chi connectivity index (χ0) is 10.7. The molecule has 0 saturated carbocycles. The van der Waals surface area contributed by atoms with Gasteiger partial charge in [0.1, 0.15) is 0 Å². The molecule has 0 amide bonds. The molecule has 0 unspecified atom stereocenters. The third-order valence-electron chi connectivity index (χ3n) is 0. The van der Waals surface area contributed by atoms with Crippen molar-refractivity contribution >= 4 is 18.5 Å². The van der Waals surface area contributed by atoms with Crippen LogP contribution in [0.1, 0.15) is 0 Å². The maximum absolute atomic E-state index is 8.44. The number of carboxylic acid groups (broad SMARTS) is 6. The summed E-state index contributed by atoms with van der Waals surface area (Å²) in [6, 6.07) is 0. The van der Waals surface area contributed by atoms with Gasteiger partial charge in [0, 0.05) is 0 Å². The van der Waals surface area contributed by atoms with Gasteiger partial charge in [-0.2, -0.15) is 0 Å². The monoisotopic (exact) mass is 269 g/mol. The molecule has 0 spiro atoms. The van der Waals surface area contributed by atoms with Crippen molar-refractivity contribution in [2.75, 3.05) is 0 Å². The summed E-state index contributed by atoms with van der Waals surface area (Å²) in [5.41, 5.74) is 0. The van der Waals surface area contributed by atoms with E-state index in [1.807, 2.05) is 0 Å². The van der Waals surface area contributed by atoms with Crippen LogP contribution in [-0.2, 0) is 17.1 Å². The van der Waals surface area contributed by atoms with E-state index in [1.165, 1.54) is 0 Å². The fourth-order valence-electron chi connectivity index (χ4n) is 0. The van der Waals surface area contributed by atoms with Crippen LogP contribution in [0.4, 0.5) is 14.4 Å². The van der Waals surface area contributed by atoms with Gasteiger partial charge >= 0.3 is 46.6 Å². The van der Waals surface area contributed by atoms with Crippen LogP contribution in [0.5, 0.6) is 0 Å². The number of hydrogen-bond donors (Lipinski definition) is 3. The summed E-state index contributed by atoms with van der Waals surface area (Å²) in [7, 11) is 0. The Kier molecular flexibility index (Phi) is 47.6. The Morgan fingerprint density at radius 1 is 0.714 bits per heavy atom. The smallest absolute Gasteiger partial charge is 0.565 e. The third-order valence-corrected chi connectivity index (χ3v) is 0. The number of carbonyl (C=O) groups is 3. The Balaban J connectivity index is -0.0000000270. The van der Waals surface area contributed by atoms with E-state index < -0.39 is 18.5 Å². The molecule has 3 N–H and O–H groups in total. The summed E-state index contributed by atoms with van der Waals surface area (Å²) in [4.78, 5) is 25.3. The first-order valence-corrected chi connectivity index (χ1v) is 1.90. The molecule has 0 rings (SSSR count). The molecule has 9 nitrogen and oxygen atoms in total. The average molecular weight is 270 g/mol. The standard InChI is InChI=1S/3CH2O3.Cu.Na/c3*2-1(3)4;;/h3*(H2,2,3,4);;/q;;;+2;+1/p-3. The molecule has 0 aliphatic rings. The van der Waals surface area contributed by atoms with Crippen molar-refractivity contribution in [3.05, 3.63) is 0 Å². The van der Waals surface area contributed by atoms with Crippen molar-refractivity contribution in [3.8, 4) is 0 Å². The first kappa shape index (κ1) is 29.2. The summed E-state index contributed by atoms with van der Waals surface area (Å²) >= 11 is 0. The van der Waals surface area contributed by atoms with E-state index in [9.17, 15) is 0 Å². The third kappa shape index (κ3) is 2690. The first-order chi connectivity index (χ1) is 5.20. The van der Waals surface area contributed by atoms with Crippen LogP contribution >= 0.6 is 0 Å². The second-order valence-corrected chi connectivity index (χ2v) is 0.798. The molecule has 1 radical (unpaired) electrons. The van der Waals surface area contributed by atoms with E-state index in [2.05, 4.69) is 0 Å². The van der Waals surface area contributed by atoms with Crippen molar-refractivity contribution < 1.29 is 91.6 Å². The van der Waals surface area contributed by atoms with Crippen molar-refractivity contribution in [2.24, 2.45) is 0 Å². The summed E-state index contributed by atoms with van der Waals surface area (Å²) in [5.74, 6) is 0. The minimum absolute atomic E-state index is 0. The summed E-state index contributed by atoms with van der Waals surface area (Å²) in [5, 5.41) is 45.9. The molecule has 0 aromatic carbocycles. The Bertz CT molecular complexity index is 118. The SMILES string of the molecule is O=C([O-])O.O=C([O-])O.O=C([O-])O.[Cu+2].[Na+]. The van der Waals surface area contributed by atoms with Gasteiger partial charge in [-0.3, -0.25) is 0 Å². The van der Waals surface area contributed by atoms with Crippen LogP contribution in [0.3, 0.4) is 0 Å². The molecule has 11 heteroatoms.